The molecule has 0 aliphatic heterocycles. The molecule has 0 aliphatic carbocycles. The van der Waals surface area contributed by atoms with Crippen LogP contribution in [0.4, 0.5) is 0 Å². The third-order valence-electron chi connectivity index (χ3n) is 1.01. The number of benzene rings is 1. The molecule has 0 N–H and O–H groups in total. The number of carbonyl (C=O) groups excluding carboxylic acids is 1. The second-order valence-electron chi connectivity index (χ2n) is 1.67. The van der Waals surface area contributed by atoms with Gasteiger partial charge in [-0.3, -0.25) is 4.79 Å². The quantitative estimate of drug-likeness (QED) is 0.395. The number of halogens is 1. The van der Waals surface area contributed by atoms with Crippen molar-refractivity contribution in [2.45, 2.75) is 0 Å². The molecule has 0 saturated heterocycles. The van der Waals surface area contributed by atoms with Crippen molar-refractivity contribution >= 4 is 17.9 Å². The molecule has 0 bridgehead atoms. The Balaban J connectivity index is 0. The van der Waals surface area contributed by atoms with Gasteiger partial charge in [0.1, 0.15) is 6.29 Å². The minimum absolute atomic E-state index is 0. The fraction of sp³-hybridized carbons (Fsp3) is 0. The molecule has 0 aromatic heterocycles. The molecule has 10 heavy (non-hydrogen) atoms. The molecular formula is C7H6ClNaO. The fourth-order valence-corrected chi connectivity index (χ4v) is 0.667. The molecule has 0 unspecified atom stereocenters. The Morgan fingerprint density at radius 2 is 1.80 bits per heavy atom. The topological polar surface area (TPSA) is 17.1 Å². The number of rotatable bonds is 1. The molecule has 1 rings (SSSR count). The first-order valence-electron chi connectivity index (χ1n) is 2.53. The molecule has 0 spiro atoms. The summed E-state index contributed by atoms with van der Waals surface area (Å²) in [4.78, 5) is 10.1. The van der Waals surface area contributed by atoms with Gasteiger partial charge in [0, 0.05) is 10.6 Å². The molecule has 0 radical (unpaired) electrons. The van der Waals surface area contributed by atoms with Crippen molar-refractivity contribution in [3.05, 3.63) is 34.9 Å². The van der Waals surface area contributed by atoms with Crippen molar-refractivity contribution in [2.75, 3.05) is 0 Å². The monoisotopic (exact) mass is 164 g/mol. The Morgan fingerprint density at radius 1 is 1.30 bits per heavy atom. The van der Waals surface area contributed by atoms with E-state index >= 15 is 0 Å². The van der Waals surface area contributed by atoms with Crippen LogP contribution in [0.3, 0.4) is 0 Å². The number of carbonyl (C=O) groups is 1. The van der Waals surface area contributed by atoms with Crippen LogP contribution in [0.15, 0.2) is 24.3 Å². The van der Waals surface area contributed by atoms with Crippen LogP contribution in [0.2, 0.25) is 5.02 Å². The number of hydrogen-bond acceptors (Lipinski definition) is 1. The van der Waals surface area contributed by atoms with Gasteiger partial charge in [-0.15, -0.1) is 0 Å². The molecule has 0 amide bonds. The fourth-order valence-electron chi connectivity index (χ4n) is 0.541. The maximum atomic E-state index is 10.1. The number of aldehydes is 1. The summed E-state index contributed by atoms with van der Waals surface area (Å²) < 4.78 is 0. The minimum atomic E-state index is 0. The maximum Gasteiger partial charge on any atom is 1.00 e. The summed E-state index contributed by atoms with van der Waals surface area (Å²) in [6.07, 6.45) is 0.788. The third-order valence-corrected chi connectivity index (χ3v) is 1.26. The number of hydrogen-bond donors (Lipinski definition) is 0. The molecule has 1 aromatic rings. The zero-order valence-corrected chi connectivity index (χ0v) is 8.43. The smallest absolute Gasteiger partial charge is 1.00 e. The summed E-state index contributed by atoms with van der Waals surface area (Å²) in [7, 11) is 0. The van der Waals surface area contributed by atoms with E-state index < -0.39 is 0 Å². The standard InChI is InChI=1S/C7H5ClO.Na.H/c8-7-3-1-6(5-9)2-4-7;;/h1-5H;;/q;+1;-1. The van der Waals surface area contributed by atoms with Crippen molar-refractivity contribution in [1.82, 2.24) is 0 Å². The summed E-state index contributed by atoms with van der Waals surface area (Å²) in [6, 6.07) is 6.72. The van der Waals surface area contributed by atoms with Gasteiger partial charge in [-0.25, -0.2) is 0 Å². The van der Waals surface area contributed by atoms with E-state index in [1.165, 1.54) is 0 Å². The first-order valence-corrected chi connectivity index (χ1v) is 2.91. The van der Waals surface area contributed by atoms with Gasteiger partial charge in [0.2, 0.25) is 0 Å². The predicted octanol–water partition coefficient (Wildman–Crippen LogP) is -0.731. The van der Waals surface area contributed by atoms with Crippen LogP contribution in [-0.4, -0.2) is 6.29 Å². The zero-order valence-electron chi connectivity index (χ0n) is 6.67. The second-order valence-corrected chi connectivity index (χ2v) is 2.11. The Morgan fingerprint density at radius 3 is 2.20 bits per heavy atom. The van der Waals surface area contributed by atoms with E-state index in [1.807, 2.05) is 0 Å². The van der Waals surface area contributed by atoms with Crippen LogP contribution in [0.5, 0.6) is 0 Å². The average Bonchev–Trinajstić information content (AvgIpc) is 1.90. The average molecular weight is 165 g/mol. The summed E-state index contributed by atoms with van der Waals surface area (Å²) in [5.74, 6) is 0. The molecule has 0 atom stereocenters. The Kier molecular flexibility index (Phi) is 5.00. The van der Waals surface area contributed by atoms with Crippen LogP contribution in [0.1, 0.15) is 11.8 Å². The normalized spacial score (nSPS) is 8.10. The van der Waals surface area contributed by atoms with E-state index in [1.54, 1.807) is 24.3 Å². The first-order chi connectivity index (χ1) is 4.33. The molecular weight excluding hydrogens is 159 g/mol. The van der Waals surface area contributed by atoms with E-state index in [9.17, 15) is 4.79 Å². The summed E-state index contributed by atoms with van der Waals surface area (Å²) in [5, 5.41) is 0.653. The van der Waals surface area contributed by atoms with Crippen LogP contribution in [0, 0.1) is 0 Å². The van der Waals surface area contributed by atoms with Crippen molar-refractivity contribution in [3.63, 3.8) is 0 Å². The molecule has 0 fully saturated rings. The molecule has 1 nitrogen and oxygen atoms in total. The van der Waals surface area contributed by atoms with Gasteiger partial charge in [0.25, 0.3) is 0 Å². The third kappa shape index (κ3) is 2.84. The molecule has 1 aromatic carbocycles. The van der Waals surface area contributed by atoms with Gasteiger partial charge < -0.3 is 1.43 Å². The van der Waals surface area contributed by atoms with Crippen LogP contribution >= 0.6 is 11.6 Å². The van der Waals surface area contributed by atoms with Crippen molar-refractivity contribution in [1.29, 1.82) is 0 Å². The SMILES string of the molecule is O=Cc1ccc(Cl)cc1.[H-].[Na+]. The van der Waals surface area contributed by atoms with Gasteiger partial charge in [0.15, 0.2) is 0 Å². The van der Waals surface area contributed by atoms with E-state index in [0.29, 0.717) is 10.6 Å². The van der Waals surface area contributed by atoms with E-state index in [2.05, 4.69) is 0 Å². The largest absolute Gasteiger partial charge is 1.00 e. The van der Waals surface area contributed by atoms with Gasteiger partial charge in [-0.1, -0.05) is 23.7 Å². The second kappa shape index (κ2) is 4.91. The summed E-state index contributed by atoms with van der Waals surface area (Å²) >= 11 is 5.55. The van der Waals surface area contributed by atoms with E-state index in [0.717, 1.165) is 6.29 Å². The van der Waals surface area contributed by atoms with Crippen molar-refractivity contribution in [3.8, 4) is 0 Å². The van der Waals surface area contributed by atoms with Gasteiger partial charge in [-0.05, 0) is 12.1 Å². The first kappa shape index (κ1) is 10.2. The maximum absolute atomic E-state index is 10.1. The van der Waals surface area contributed by atoms with Crippen molar-refractivity contribution < 1.29 is 35.8 Å². The molecule has 0 aliphatic rings. The Bertz CT molecular complexity index is 212. The summed E-state index contributed by atoms with van der Waals surface area (Å²) in [5.41, 5.74) is 0.652. The van der Waals surface area contributed by atoms with Crippen LogP contribution < -0.4 is 29.6 Å². The molecule has 48 valence electrons. The van der Waals surface area contributed by atoms with Gasteiger partial charge in [-0.2, -0.15) is 0 Å². The Labute approximate surface area is 88.2 Å². The zero-order chi connectivity index (χ0) is 6.69. The molecule has 0 saturated carbocycles. The van der Waals surface area contributed by atoms with Crippen LogP contribution in [0.25, 0.3) is 0 Å². The minimum Gasteiger partial charge on any atom is -1.00 e. The Hall–Kier alpha value is 0.180. The van der Waals surface area contributed by atoms with Crippen LogP contribution in [-0.2, 0) is 0 Å². The van der Waals surface area contributed by atoms with E-state index in [4.69, 9.17) is 11.6 Å². The van der Waals surface area contributed by atoms with Crippen molar-refractivity contribution in [2.24, 2.45) is 0 Å². The summed E-state index contributed by atoms with van der Waals surface area (Å²) in [6.45, 7) is 0. The van der Waals surface area contributed by atoms with Gasteiger partial charge in [0.05, 0.1) is 0 Å². The molecule has 3 heteroatoms. The van der Waals surface area contributed by atoms with Gasteiger partial charge >= 0.3 is 29.6 Å². The molecule has 0 heterocycles. The predicted molar refractivity (Wildman–Crippen MR) is 38.0 cm³/mol. The van der Waals surface area contributed by atoms with E-state index in [-0.39, 0.29) is 31.0 Å².